The molecule has 0 aromatic heterocycles. The van der Waals surface area contributed by atoms with Crippen molar-refractivity contribution < 1.29 is 14.6 Å². The van der Waals surface area contributed by atoms with Crippen LogP contribution in [0.5, 0.6) is 11.5 Å². The molecule has 0 unspecified atom stereocenters. The lowest BCUT2D eigenvalue weighted by Gasteiger charge is -2.09. The average molecular weight is 272 g/mol. The number of phenols is 1. The molecular formula is C15H16N2O3. The van der Waals surface area contributed by atoms with E-state index in [9.17, 15) is 9.90 Å². The molecule has 0 saturated carbocycles. The molecule has 5 nitrogen and oxygen atoms in total. The Morgan fingerprint density at radius 2 is 1.95 bits per heavy atom. The van der Waals surface area contributed by atoms with Crippen molar-refractivity contribution in [3.63, 3.8) is 0 Å². The summed E-state index contributed by atoms with van der Waals surface area (Å²) in [6, 6.07) is 11.7. The number of phenolic OH excluding ortho intramolecular Hbond substituents is 1. The van der Waals surface area contributed by atoms with Crippen LogP contribution in [0.1, 0.15) is 15.9 Å². The first kappa shape index (κ1) is 13.9. The topological polar surface area (TPSA) is 84.6 Å². The monoisotopic (exact) mass is 272 g/mol. The molecule has 0 atom stereocenters. The van der Waals surface area contributed by atoms with Crippen LogP contribution < -0.4 is 15.8 Å². The van der Waals surface area contributed by atoms with Crippen molar-refractivity contribution in [2.24, 2.45) is 5.73 Å². The van der Waals surface area contributed by atoms with E-state index in [1.165, 1.54) is 19.2 Å². The van der Waals surface area contributed by atoms with Gasteiger partial charge in [0.25, 0.3) is 5.91 Å². The van der Waals surface area contributed by atoms with Crippen LogP contribution in [0.3, 0.4) is 0 Å². The molecule has 1 amide bonds. The summed E-state index contributed by atoms with van der Waals surface area (Å²) in [6.07, 6.45) is 0. The summed E-state index contributed by atoms with van der Waals surface area (Å²) >= 11 is 0. The number of rotatable bonds is 4. The fourth-order valence-electron chi connectivity index (χ4n) is 1.75. The van der Waals surface area contributed by atoms with Gasteiger partial charge < -0.3 is 20.9 Å². The zero-order valence-corrected chi connectivity index (χ0v) is 11.1. The number of carbonyl (C=O) groups is 1. The molecule has 5 heteroatoms. The molecule has 2 aromatic rings. The lowest BCUT2D eigenvalue weighted by atomic mass is 10.1. The van der Waals surface area contributed by atoms with E-state index in [4.69, 9.17) is 10.5 Å². The maximum Gasteiger partial charge on any atom is 0.259 e. The van der Waals surface area contributed by atoms with Crippen molar-refractivity contribution in [3.05, 3.63) is 53.6 Å². The van der Waals surface area contributed by atoms with Crippen LogP contribution in [0.4, 0.5) is 5.69 Å². The summed E-state index contributed by atoms with van der Waals surface area (Å²) in [5, 5.41) is 12.4. The van der Waals surface area contributed by atoms with Crippen LogP contribution in [0, 0.1) is 0 Å². The molecule has 0 heterocycles. The number of nitrogens with two attached hydrogens (primary N) is 1. The second-order valence-electron chi connectivity index (χ2n) is 4.24. The number of methoxy groups -OCH3 is 1. The Hall–Kier alpha value is -2.53. The second-order valence-corrected chi connectivity index (χ2v) is 4.24. The van der Waals surface area contributed by atoms with E-state index < -0.39 is 5.91 Å². The highest BCUT2D eigenvalue weighted by molar-refractivity contribution is 6.06. The van der Waals surface area contributed by atoms with Crippen LogP contribution >= 0.6 is 0 Å². The predicted molar refractivity (Wildman–Crippen MR) is 76.9 cm³/mol. The fraction of sp³-hybridized carbons (Fsp3) is 0.133. The fourth-order valence-corrected chi connectivity index (χ4v) is 1.75. The van der Waals surface area contributed by atoms with E-state index in [-0.39, 0.29) is 11.3 Å². The number of ether oxygens (including phenoxy) is 1. The molecule has 4 N–H and O–H groups in total. The van der Waals surface area contributed by atoms with Gasteiger partial charge in [-0.25, -0.2) is 0 Å². The van der Waals surface area contributed by atoms with E-state index in [1.807, 2.05) is 12.1 Å². The SMILES string of the molecule is COc1ccc(O)c(C(=O)Nc2ccc(CN)cc2)c1. The van der Waals surface area contributed by atoms with E-state index in [1.54, 1.807) is 18.2 Å². The largest absolute Gasteiger partial charge is 0.507 e. The van der Waals surface area contributed by atoms with Gasteiger partial charge in [0.05, 0.1) is 12.7 Å². The average Bonchev–Trinajstić information content (AvgIpc) is 2.48. The third-order valence-corrected chi connectivity index (χ3v) is 2.90. The zero-order valence-electron chi connectivity index (χ0n) is 11.1. The number of nitrogens with one attached hydrogen (secondary N) is 1. The summed E-state index contributed by atoms with van der Waals surface area (Å²) in [7, 11) is 1.50. The van der Waals surface area contributed by atoms with Gasteiger partial charge in [-0.15, -0.1) is 0 Å². The summed E-state index contributed by atoms with van der Waals surface area (Å²) in [6.45, 7) is 0.449. The molecule has 104 valence electrons. The maximum atomic E-state index is 12.1. The van der Waals surface area contributed by atoms with Crippen LogP contribution in [0.2, 0.25) is 0 Å². The second kappa shape index (κ2) is 6.08. The Morgan fingerprint density at radius 3 is 2.55 bits per heavy atom. The highest BCUT2D eigenvalue weighted by Crippen LogP contribution is 2.24. The lowest BCUT2D eigenvalue weighted by molar-refractivity contribution is 0.102. The van der Waals surface area contributed by atoms with Crippen molar-refractivity contribution in [1.82, 2.24) is 0 Å². The van der Waals surface area contributed by atoms with Crippen molar-refractivity contribution in [3.8, 4) is 11.5 Å². The summed E-state index contributed by atoms with van der Waals surface area (Å²) in [5.41, 5.74) is 7.28. The Bertz CT molecular complexity index is 609. The van der Waals surface area contributed by atoms with Crippen molar-refractivity contribution >= 4 is 11.6 Å². The molecule has 0 spiro atoms. The molecule has 0 saturated heterocycles. The number of hydrogen-bond acceptors (Lipinski definition) is 4. The Balaban J connectivity index is 2.18. The number of amides is 1. The van der Waals surface area contributed by atoms with Gasteiger partial charge in [0.1, 0.15) is 11.5 Å². The van der Waals surface area contributed by atoms with Gasteiger partial charge in [0, 0.05) is 12.2 Å². The molecule has 20 heavy (non-hydrogen) atoms. The predicted octanol–water partition coefficient (Wildman–Crippen LogP) is 2.11. The van der Waals surface area contributed by atoms with Gasteiger partial charge in [0.15, 0.2) is 0 Å². The number of carbonyl (C=O) groups excluding carboxylic acids is 1. The van der Waals surface area contributed by atoms with Gasteiger partial charge in [-0.05, 0) is 35.9 Å². The van der Waals surface area contributed by atoms with Gasteiger partial charge in [-0.1, -0.05) is 12.1 Å². The van der Waals surface area contributed by atoms with Gasteiger partial charge in [0.2, 0.25) is 0 Å². The summed E-state index contributed by atoms with van der Waals surface area (Å²) < 4.78 is 5.04. The van der Waals surface area contributed by atoms with E-state index in [0.717, 1.165) is 5.56 Å². The standard InChI is InChI=1S/C15H16N2O3/c1-20-12-6-7-14(18)13(8-12)15(19)17-11-4-2-10(9-16)3-5-11/h2-8,18H,9,16H2,1H3,(H,17,19). The van der Waals surface area contributed by atoms with Crippen molar-refractivity contribution in [1.29, 1.82) is 0 Å². The van der Waals surface area contributed by atoms with E-state index in [0.29, 0.717) is 18.0 Å². The van der Waals surface area contributed by atoms with Gasteiger partial charge >= 0.3 is 0 Å². The third-order valence-electron chi connectivity index (χ3n) is 2.90. The molecule has 0 radical (unpaired) electrons. The highest BCUT2D eigenvalue weighted by atomic mass is 16.5. The third kappa shape index (κ3) is 3.07. The minimum Gasteiger partial charge on any atom is -0.507 e. The first-order valence-corrected chi connectivity index (χ1v) is 6.11. The highest BCUT2D eigenvalue weighted by Gasteiger charge is 2.12. The molecule has 0 bridgehead atoms. The molecule has 2 rings (SSSR count). The normalized spacial score (nSPS) is 10.1. The molecule has 2 aromatic carbocycles. The van der Waals surface area contributed by atoms with E-state index in [2.05, 4.69) is 5.32 Å². The van der Waals surface area contributed by atoms with Crippen LogP contribution in [0.25, 0.3) is 0 Å². The Labute approximate surface area is 117 Å². The van der Waals surface area contributed by atoms with Crippen molar-refractivity contribution in [2.45, 2.75) is 6.54 Å². The molecule has 0 aliphatic carbocycles. The lowest BCUT2D eigenvalue weighted by Crippen LogP contribution is -2.12. The number of benzene rings is 2. The zero-order chi connectivity index (χ0) is 14.5. The molecule has 0 fully saturated rings. The Kier molecular flexibility index (Phi) is 4.22. The van der Waals surface area contributed by atoms with Crippen molar-refractivity contribution in [2.75, 3.05) is 12.4 Å². The minimum absolute atomic E-state index is 0.0955. The van der Waals surface area contributed by atoms with E-state index >= 15 is 0 Å². The molecular weight excluding hydrogens is 256 g/mol. The van der Waals surface area contributed by atoms with Crippen LogP contribution in [-0.4, -0.2) is 18.1 Å². The van der Waals surface area contributed by atoms with Gasteiger partial charge in [-0.2, -0.15) is 0 Å². The minimum atomic E-state index is -0.401. The molecule has 0 aliphatic heterocycles. The number of hydrogen-bond donors (Lipinski definition) is 3. The quantitative estimate of drug-likeness (QED) is 0.795. The first-order valence-electron chi connectivity index (χ1n) is 6.11. The maximum absolute atomic E-state index is 12.1. The smallest absolute Gasteiger partial charge is 0.259 e. The molecule has 0 aliphatic rings. The number of anilines is 1. The Morgan fingerprint density at radius 1 is 1.25 bits per heavy atom. The van der Waals surface area contributed by atoms with Crippen LogP contribution in [-0.2, 0) is 6.54 Å². The number of aromatic hydroxyl groups is 1. The van der Waals surface area contributed by atoms with Gasteiger partial charge in [-0.3, -0.25) is 4.79 Å². The first-order chi connectivity index (χ1) is 9.63. The van der Waals surface area contributed by atoms with Crippen LogP contribution in [0.15, 0.2) is 42.5 Å². The summed E-state index contributed by atoms with van der Waals surface area (Å²) in [4.78, 5) is 12.1. The summed E-state index contributed by atoms with van der Waals surface area (Å²) in [5.74, 6) is 0.00945.